The maximum absolute atomic E-state index is 12.0. The number of imide groups is 1. The molecule has 0 radical (unpaired) electrons. The zero-order valence-electron chi connectivity index (χ0n) is 9.08. The van der Waals surface area contributed by atoms with Crippen molar-refractivity contribution in [2.24, 2.45) is 0 Å². The van der Waals surface area contributed by atoms with Gasteiger partial charge in [0.15, 0.2) is 0 Å². The number of rotatable bonds is 1. The molecule has 1 atom stereocenters. The first-order valence-electron chi connectivity index (χ1n) is 5.31. The fraction of sp³-hybridized carbons (Fsp3) is 0.167. The molecule has 0 bridgehead atoms. The first-order chi connectivity index (χ1) is 8.59. The zero-order chi connectivity index (χ0) is 12.9. The molecule has 1 aromatic rings. The number of nitrogens with zero attached hydrogens (tertiary/aromatic N) is 1. The van der Waals surface area contributed by atoms with Crippen LogP contribution in [-0.2, 0) is 14.3 Å². The number of carbonyl (C=O) groups is 4. The third-order valence-corrected chi connectivity index (χ3v) is 2.98. The molecule has 0 aromatic heterocycles. The van der Waals surface area contributed by atoms with Crippen molar-refractivity contribution in [2.45, 2.75) is 12.5 Å². The van der Waals surface area contributed by atoms with Crippen molar-refractivity contribution < 1.29 is 23.9 Å². The quantitative estimate of drug-likeness (QED) is 0.399. The van der Waals surface area contributed by atoms with Crippen LogP contribution < -0.4 is 0 Å². The lowest BCUT2D eigenvalue weighted by Gasteiger charge is -2.17. The summed E-state index contributed by atoms with van der Waals surface area (Å²) in [5, 5.41) is 0. The predicted octanol–water partition coefficient (Wildman–Crippen LogP) is 0.125. The lowest BCUT2D eigenvalue weighted by molar-refractivity contribution is -0.153. The van der Waals surface area contributed by atoms with Crippen molar-refractivity contribution >= 4 is 23.8 Å². The minimum absolute atomic E-state index is 0.245. The van der Waals surface area contributed by atoms with Crippen LogP contribution in [-0.4, -0.2) is 34.7 Å². The second-order valence-electron chi connectivity index (χ2n) is 4.04. The van der Waals surface area contributed by atoms with Crippen LogP contribution in [0.4, 0.5) is 0 Å². The van der Waals surface area contributed by atoms with E-state index in [1.807, 2.05) is 0 Å². The minimum atomic E-state index is -1.13. The van der Waals surface area contributed by atoms with E-state index < -0.39 is 29.8 Å². The first kappa shape index (κ1) is 10.6. The highest BCUT2D eigenvalue weighted by Crippen LogP contribution is 2.27. The average Bonchev–Trinajstić information content (AvgIpc) is 2.79. The van der Waals surface area contributed by atoms with E-state index in [-0.39, 0.29) is 17.5 Å². The van der Waals surface area contributed by atoms with Crippen molar-refractivity contribution in [3.05, 3.63) is 35.4 Å². The Morgan fingerprint density at radius 1 is 1.00 bits per heavy atom. The molecular formula is C12H7NO5. The molecule has 2 aliphatic rings. The van der Waals surface area contributed by atoms with E-state index in [4.69, 9.17) is 0 Å². The van der Waals surface area contributed by atoms with Crippen LogP contribution in [0, 0.1) is 0 Å². The molecule has 1 aromatic carbocycles. The molecule has 0 saturated carbocycles. The van der Waals surface area contributed by atoms with Crippen molar-refractivity contribution in [2.75, 3.05) is 0 Å². The molecule has 18 heavy (non-hydrogen) atoms. The minimum Gasteiger partial charge on any atom is -0.392 e. The van der Waals surface area contributed by atoms with Crippen molar-refractivity contribution in [3.8, 4) is 0 Å². The van der Waals surface area contributed by atoms with Gasteiger partial charge in [-0.15, -0.1) is 0 Å². The van der Waals surface area contributed by atoms with Crippen LogP contribution in [0.3, 0.4) is 0 Å². The van der Waals surface area contributed by atoms with Gasteiger partial charge in [0.05, 0.1) is 17.5 Å². The van der Waals surface area contributed by atoms with Gasteiger partial charge in [-0.3, -0.25) is 19.3 Å². The highest BCUT2D eigenvalue weighted by atomic mass is 16.6. The van der Waals surface area contributed by atoms with Crippen LogP contribution in [0.1, 0.15) is 27.1 Å². The third-order valence-electron chi connectivity index (χ3n) is 2.98. The van der Waals surface area contributed by atoms with Crippen LogP contribution >= 0.6 is 0 Å². The van der Waals surface area contributed by atoms with Gasteiger partial charge in [0.25, 0.3) is 11.8 Å². The topological polar surface area (TPSA) is 80.8 Å². The fourth-order valence-corrected chi connectivity index (χ4v) is 2.15. The van der Waals surface area contributed by atoms with Crippen LogP contribution in [0.15, 0.2) is 24.3 Å². The number of carbonyl (C=O) groups excluding carboxylic acids is 4. The summed E-state index contributed by atoms with van der Waals surface area (Å²) in [6, 6.07) is 5.15. The molecule has 2 amide bonds. The van der Waals surface area contributed by atoms with Gasteiger partial charge in [-0.1, -0.05) is 12.1 Å². The van der Waals surface area contributed by atoms with E-state index in [2.05, 4.69) is 4.74 Å². The summed E-state index contributed by atoms with van der Waals surface area (Å²) in [6.45, 7) is 0. The second kappa shape index (κ2) is 3.49. The largest absolute Gasteiger partial charge is 0.392 e. The highest BCUT2D eigenvalue weighted by molar-refractivity contribution is 6.23. The Balaban J connectivity index is 2.02. The first-order valence-corrected chi connectivity index (χ1v) is 5.31. The van der Waals surface area contributed by atoms with E-state index in [9.17, 15) is 19.2 Å². The summed E-state index contributed by atoms with van der Waals surface area (Å²) in [5.41, 5.74) is 0.490. The van der Waals surface area contributed by atoms with Gasteiger partial charge in [0.2, 0.25) is 0 Å². The van der Waals surface area contributed by atoms with Gasteiger partial charge in [0, 0.05) is 0 Å². The standard InChI is InChI=1S/C12H7NO5/c14-9-5-8(12(17)18-9)13-10(15)6-3-1-2-4-7(6)11(13)16/h1-4,8H,5H2. The van der Waals surface area contributed by atoms with Gasteiger partial charge in [0.1, 0.15) is 6.04 Å². The van der Waals surface area contributed by atoms with Gasteiger partial charge < -0.3 is 4.74 Å². The molecule has 2 aliphatic heterocycles. The van der Waals surface area contributed by atoms with E-state index >= 15 is 0 Å². The zero-order valence-corrected chi connectivity index (χ0v) is 9.08. The summed E-state index contributed by atoms with van der Waals surface area (Å²) in [5.74, 6) is -2.70. The molecule has 0 aliphatic carbocycles. The average molecular weight is 245 g/mol. The van der Waals surface area contributed by atoms with Crippen LogP contribution in [0.25, 0.3) is 0 Å². The SMILES string of the molecule is O=C1CC(N2C(=O)c3ccccc3C2=O)C(=O)O1. The Bertz CT molecular complexity index is 571. The van der Waals surface area contributed by atoms with E-state index in [0.717, 1.165) is 4.90 Å². The fourth-order valence-electron chi connectivity index (χ4n) is 2.15. The van der Waals surface area contributed by atoms with Crippen molar-refractivity contribution in [3.63, 3.8) is 0 Å². The third kappa shape index (κ3) is 1.29. The Morgan fingerprint density at radius 3 is 2.00 bits per heavy atom. The van der Waals surface area contributed by atoms with E-state index in [0.29, 0.717) is 0 Å². The summed E-state index contributed by atoms with van der Waals surface area (Å²) in [7, 11) is 0. The Morgan fingerprint density at radius 2 is 1.56 bits per heavy atom. The molecule has 90 valence electrons. The molecule has 2 heterocycles. The lowest BCUT2D eigenvalue weighted by Crippen LogP contribution is -2.42. The number of amides is 2. The molecule has 6 nitrogen and oxygen atoms in total. The molecule has 0 N–H and O–H groups in total. The van der Waals surface area contributed by atoms with Gasteiger partial charge in [-0.25, -0.2) is 4.79 Å². The van der Waals surface area contributed by atoms with E-state index in [1.165, 1.54) is 12.1 Å². The molecule has 0 spiro atoms. The predicted molar refractivity (Wildman–Crippen MR) is 56.4 cm³/mol. The summed E-state index contributed by atoms with van der Waals surface area (Å²) in [4.78, 5) is 47.3. The number of esters is 2. The number of cyclic esters (lactones) is 2. The Kier molecular flexibility index (Phi) is 2.07. The summed E-state index contributed by atoms with van der Waals surface area (Å²) >= 11 is 0. The van der Waals surface area contributed by atoms with Gasteiger partial charge >= 0.3 is 11.9 Å². The van der Waals surface area contributed by atoms with Crippen molar-refractivity contribution in [1.29, 1.82) is 0 Å². The maximum atomic E-state index is 12.0. The number of ether oxygens (including phenoxy) is 1. The summed E-state index contributed by atoms with van der Waals surface area (Å²) in [6.07, 6.45) is -0.274. The molecule has 6 heteroatoms. The normalized spacial score (nSPS) is 22.4. The monoisotopic (exact) mass is 245 g/mol. The van der Waals surface area contributed by atoms with Gasteiger partial charge in [-0.2, -0.15) is 0 Å². The van der Waals surface area contributed by atoms with Gasteiger partial charge in [-0.05, 0) is 12.1 Å². The smallest absolute Gasteiger partial charge is 0.337 e. The lowest BCUT2D eigenvalue weighted by atomic mass is 10.1. The van der Waals surface area contributed by atoms with Crippen LogP contribution in [0.2, 0.25) is 0 Å². The second-order valence-corrected chi connectivity index (χ2v) is 4.04. The number of benzene rings is 1. The van der Waals surface area contributed by atoms with E-state index in [1.54, 1.807) is 12.1 Å². The molecule has 1 fully saturated rings. The van der Waals surface area contributed by atoms with Crippen molar-refractivity contribution in [1.82, 2.24) is 4.90 Å². The number of hydrogen-bond donors (Lipinski definition) is 0. The number of hydrogen-bond acceptors (Lipinski definition) is 5. The molecule has 1 unspecified atom stereocenters. The maximum Gasteiger partial charge on any atom is 0.337 e. The molecule has 1 saturated heterocycles. The molecular weight excluding hydrogens is 238 g/mol. The highest BCUT2D eigenvalue weighted by Gasteiger charge is 2.47. The molecule has 3 rings (SSSR count). The Hall–Kier alpha value is -2.50. The Labute approximate surface area is 101 Å². The number of fused-ring (bicyclic) bond motifs is 1. The van der Waals surface area contributed by atoms with Crippen LogP contribution in [0.5, 0.6) is 0 Å². The summed E-state index contributed by atoms with van der Waals surface area (Å²) < 4.78 is 4.36.